The maximum atomic E-state index is 13.5. The van der Waals surface area contributed by atoms with Crippen LogP contribution in [0.2, 0.25) is 5.02 Å². The number of imidazole rings is 1. The van der Waals surface area contributed by atoms with Crippen LogP contribution in [0.3, 0.4) is 0 Å². The summed E-state index contributed by atoms with van der Waals surface area (Å²) in [7, 11) is 0. The molecule has 0 saturated carbocycles. The zero-order valence-corrected chi connectivity index (χ0v) is 17.4. The summed E-state index contributed by atoms with van der Waals surface area (Å²) < 4.78 is 1.57. The molecular formula is C24H16ClN3O3. The van der Waals surface area contributed by atoms with Crippen molar-refractivity contribution in [1.82, 2.24) is 14.3 Å². The molecule has 0 unspecified atom stereocenters. The SMILES string of the molecule is CCCCN1C(=O)c2ccc3c(=O)n4c5ccc(Cl)cc5nc4c4ccc(c2c34)C1=O. The number of unbranched alkanes of at least 4 members (excludes halogenated alkanes) is 1. The molecule has 7 heteroatoms. The molecule has 31 heavy (non-hydrogen) atoms. The van der Waals surface area contributed by atoms with E-state index in [2.05, 4.69) is 4.98 Å². The molecule has 5 aromatic rings. The molecule has 0 fully saturated rings. The molecule has 0 spiro atoms. The summed E-state index contributed by atoms with van der Waals surface area (Å²) in [5.41, 5.74) is 2.45. The number of hydrogen-bond acceptors (Lipinski definition) is 4. The Hall–Kier alpha value is -3.51. The quantitative estimate of drug-likeness (QED) is 0.392. The van der Waals surface area contributed by atoms with Gasteiger partial charge in [-0.2, -0.15) is 0 Å². The number of rotatable bonds is 3. The lowest BCUT2D eigenvalue weighted by Crippen LogP contribution is -2.41. The molecule has 0 bridgehead atoms. The van der Waals surface area contributed by atoms with Crippen molar-refractivity contribution >= 4 is 61.6 Å². The van der Waals surface area contributed by atoms with Crippen LogP contribution in [0.15, 0.2) is 47.3 Å². The normalized spacial score (nSPS) is 14.1. The largest absolute Gasteiger partial charge is 0.274 e. The maximum Gasteiger partial charge on any atom is 0.264 e. The van der Waals surface area contributed by atoms with Crippen molar-refractivity contribution in [3.8, 4) is 0 Å². The van der Waals surface area contributed by atoms with Gasteiger partial charge in [0.05, 0.1) is 11.0 Å². The van der Waals surface area contributed by atoms with E-state index in [0.717, 1.165) is 18.2 Å². The number of aromatic nitrogens is 2. The van der Waals surface area contributed by atoms with Crippen LogP contribution in [-0.4, -0.2) is 32.6 Å². The minimum atomic E-state index is -0.312. The summed E-state index contributed by atoms with van der Waals surface area (Å²) in [6, 6.07) is 12.1. The third-order valence-electron chi connectivity index (χ3n) is 6.14. The second-order valence-corrected chi connectivity index (χ2v) is 8.33. The Kier molecular flexibility index (Phi) is 3.68. The van der Waals surface area contributed by atoms with Crippen molar-refractivity contribution in [1.29, 1.82) is 0 Å². The maximum absolute atomic E-state index is 13.5. The molecule has 3 aromatic carbocycles. The summed E-state index contributed by atoms with van der Waals surface area (Å²) in [6.45, 7) is 2.40. The summed E-state index contributed by atoms with van der Waals surface area (Å²) >= 11 is 6.12. The van der Waals surface area contributed by atoms with Crippen molar-refractivity contribution in [2.75, 3.05) is 6.54 Å². The van der Waals surface area contributed by atoms with Gasteiger partial charge < -0.3 is 0 Å². The predicted molar refractivity (Wildman–Crippen MR) is 120 cm³/mol. The molecule has 0 aliphatic carbocycles. The van der Waals surface area contributed by atoms with Crippen molar-refractivity contribution in [2.45, 2.75) is 19.8 Å². The fourth-order valence-electron chi connectivity index (χ4n) is 4.68. The average Bonchev–Trinajstić information content (AvgIpc) is 3.14. The first-order valence-corrected chi connectivity index (χ1v) is 10.6. The molecule has 6 nitrogen and oxygen atoms in total. The molecular weight excluding hydrogens is 414 g/mol. The highest BCUT2D eigenvalue weighted by Gasteiger charge is 2.34. The molecule has 0 N–H and O–H groups in total. The number of carbonyl (C=O) groups excluding carboxylic acids is 2. The van der Waals surface area contributed by atoms with Gasteiger partial charge in [0.1, 0.15) is 5.65 Å². The minimum Gasteiger partial charge on any atom is -0.274 e. The zero-order valence-electron chi connectivity index (χ0n) is 16.6. The lowest BCUT2D eigenvalue weighted by molar-refractivity contribution is 0.0608. The van der Waals surface area contributed by atoms with Crippen LogP contribution in [0.4, 0.5) is 0 Å². The van der Waals surface area contributed by atoms with E-state index in [1.165, 1.54) is 4.90 Å². The van der Waals surface area contributed by atoms with Crippen LogP contribution in [-0.2, 0) is 0 Å². The first-order chi connectivity index (χ1) is 15.0. The van der Waals surface area contributed by atoms with Crippen molar-refractivity contribution in [3.63, 3.8) is 0 Å². The number of fused-ring (bicyclic) bond motifs is 4. The van der Waals surface area contributed by atoms with E-state index in [4.69, 9.17) is 11.6 Å². The molecule has 0 saturated heterocycles. The van der Waals surface area contributed by atoms with Crippen LogP contribution in [0.25, 0.3) is 38.2 Å². The Labute approximate surface area is 181 Å². The molecule has 0 atom stereocenters. The Morgan fingerprint density at radius 1 is 0.903 bits per heavy atom. The third kappa shape index (κ3) is 2.28. The van der Waals surface area contributed by atoms with E-state index in [9.17, 15) is 14.4 Å². The molecule has 0 radical (unpaired) electrons. The highest BCUT2D eigenvalue weighted by Crippen LogP contribution is 2.37. The Morgan fingerprint density at radius 2 is 1.61 bits per heavy atom. The number of benzene rings is 3. The van der Waals surface area contributed by atoms with Gasteiger partial charge in [0, 0.05) is 44.2 Å². The van der Waals surface area contributed by atoms with Gasteiger partial charge in [-0.05, 0) is 48.9 Å². The highest BCUT2D eigenvalue weighted by molar-refractivity contribution is 6.32. The summed E-state index contributed by atoms with van der Waals surface area (Å²) in [5.74, 6) is -0.624. The fourth-order valence-corrected chi connectivity index (χ4v) is 4.85. The van der Waals surface area contributed by atoms with Crippen molar-refractivity contribution in [2.24, 2.45) is 0 Å². The average molecular weight is 430 g/mol. The first kappa shape index (κ1) is 18.3. The lowest BCUT2D eigenvalue weighted by Gasteiger charge is -2.27. The fraction of sp³-hybridized carbons (Fsp3) is 0.167. The van der Waals surface area contributed by atoms with E-state index in [1.54, 1.807) is 40.8 Å². The predicted octanol–water partition coefficient (Wildman–Crippen LogP) is 4.64. The number of nitrogens with zero attached hydrogens (tertiary/aromatic N) is 3. The second-order valence-electron chi connectivity index (χ2n) is 7.90. The number of hydrogen-bond donors (Lipinski definition) is 0. The van der Waals surface area contributed by atoms with Gasteiger partial charge in [0.25, 0.3) is 17.4 Å². The van der Waals surface area contributed by atoms with E-state index in [-0.39, 0.29) is 17.4 Å². The van der Waals surface area contributed by atoms with Gasteiger partial charge in [-0.1, -0.05) is 24.9 Å². The monoisotopic (exact) mass is 429 g/mol. The third-order valence-corrected chi connectivity index (χ3v) is 6.37. The molecule has 2 amide bonds. The standard InChI is InChI=1S/C24H16ClN3O3/c1-2-3-10-27-22(29)14-6-5-13-19-16(8-7-15(20(14)19)23(27)30)24(31)28-18-9-4-12(25)11-17(18)26-21(13)28/h4-9,11H,2-3,10H2,1H3. The van der Waals surface area contributed by atoms with Gasteiger partial charge >= 0.3 is 0 Å². The van der Waals surface area contributed by atoms with Crippen LogP contribution in [0.1, 0.15) is 40.5 Å². The number of carbonyl (C=O) groups is 2. The van der Waals surface area contributed by atoms with Gasteiger partial charge in [0.15, 0.2) is 0 Å². The number of imide groups is 1. The topological polar surface area (TPSA) is 71.8 Å². The van der Waals surface area contributed by atoms with Crippen LogP contribution >= 0.6 is 11.6 Å². The molecule has 6 rings (SSSR count). The van der Waals surface area contributed by atoms with Crippen LogP contribution in [0.5, 0.6) is 0 Å². The van der Waals surface area contributed by atoms with Crippen molar-refractivity contribution in [3.05, 3.63) is 69.0 Å². The smallest absolute Gasteiger partial charge is 0.264 e. The summed E-state index contributed by atoms with van der Waals surface area (Å²) in [5, 5.41) is 2.88. The van der Waals surface area contributed by atoms with E-state index in [0.29, 0.717) is 55.5 Å². The summed E-state index contributed by atoms with van der Waals surface area (Å²) in [4.78, 5) is 45.7. The van der Waals surface area contributed by atoms with E-state index < -0.39 is 0 Å². The van der Waals surface area contributed by atoms with Crippen LogP contribution < -0.4 is 5.56 Å². The molecule has 3 heterocycles. The second kappa shape index (κ2) is 6.25. The first-order valence-electron chi connectivity index (χ1n) is 10.2. The molecule has 2 aromatic heterocycles. The van der Waals surface area contributed by atoms with Gasteiger partial charge in [-0.3, -0.25) is 23.7 Å². The number of pyridine rings is 1. The van der Waals surface area contributed by atoms with Crippen molar-refractivity contribution < 1.29 is 9.59 Å². The van der Waals surface area contributed by atoms with E-state index >= 15 is 0 Å². The minimum absolute atomic E-state index is 0.232. The Balaban J connectivity index is 1.77. The molecule has 152 valence electrons. The molecule has 1 aliphatic rings. The van der Waals surface area contributed by atoms with Gasteiger partial charge in [-0.25, -0.2) is 4.98 Å². The lowest BCUT2D eigenvalue weighted by atomic mass is 9.90. The van der Waals surface area contributed by atoms with Gasteiger partial charge in [-0.15, -0.1) is 0 Å². The number of halogens is 1. The molecule has 1 aliphatic heterocycles. The van der Waals surface area contributed by atoms with Gasteiger partial charge in [0.2, 0.25) is 0 Å². The highest BCUT2D eigenvalue weighted by atomic mass is 35.5. The number of amides is 2. The van der Waals surface area contributed by atoms with Crippen LogP contribution in [0, 0.1) is 0 Å². The zero-order chi connectivity index (χ0) is 21.4. The Bertz CT molecular complexity index is 1630. The Morgan fingerprint density at radius 3 is 2.32 bits per heavy atom. The summed E-state index contributed by atoms with van der Waals surface area (Å²) in [6.07, 6.45) is 1.63. The van der Waals surface area contributed by atoms with E-state index in [1.807, 2.05) is 13.0 Å².